The fraction of sp³-hybridized carbons (Fsp3) is 0.294. The second-order valence-electron chi connectivity index (χ2n) is 5.23. The van der Waals surface area contributed by atoms with Crippen molar-refractivity contribution in [3.8, 4) is 0 Å². The lowest BCUT2D eigenvalue weighted by atomic mass is 10.2. The number of thiophene rings is 1. The lowest BCUT2D eigenvalue weighted by molar-refractivity contribution is 0.611. The van der Waals surface area contributed by atoms with Gasteiger partial charge < -0.3 is 9.88 Å². The fourth-order valence-corrected chi connectivity index (χ4v) is 3.48. The van der Waals surface area contributed by atoms with Crippen molar-refractivity contribution in [2.24, 2.45) is 0 Å². The monoisotopic (exact) mass is 284 g/mol. The molecule has 0 spiro atoms. The van der Waals surface area contributed by atoms with E-state index in [2.05, 4.69) is 65.6 Å². The van der Waals surface area contributed by atoms with Crippen LogP contribution in [0.1, 0.15) is 16.0 Å². The van der Waals surface area contributed by atoms with Gasteiger partial charge in [0.2, 0.25) is 0 Å². The van der Waals surface area contributed by atoms with Crippen LogP contribution < -0.4 is 5.32 Å². The molecule has 2 nitrogen and oxygen atoms in total. The van der Waals surface area contributed by atoms with E-state index in [1.54, 1.807) is 0 Å². The van der Waals surface area contributed by atoms with E-state index in [1.807, 2.05) is 11.3 Å². The third-order valence-corrected chi connectivity index (χ3v) is 4.79. The van der Waals surface area contributed by atoms with Crippen LogP contribution in [0.15, 0.2) is 41.9 Å². The SMILES string of the molecule is Cc1ccsc1CNCCn1cc(C)c2ccccc21. The first-order valence-corrected chi connectivity index (χ1v) is 7.92. The molecule has 2 aromatic heterocycles. The zero-order valence-electron chi connectivity index (χ0n) is 12.0. The van der Waals surface area contributed by atoms with Crippen LogP contribution >= 0.6 is 11.3 Å². The van der Waals surface area contributed by atoms with Crippen molar-refractivity contribution in [2.75, 3.05) is 6.54 Å². The number of nitrogens with one attached hydrogen (secondary N) is 1. The van der Waals surface area contributed by atoms with Crippen molar-refractivity contribution in [1.29, 1.82) is 0 Å². The number of aryl methyl sites for hydroxylation is 2. The first-order valence-electron chi connectivity index (χ1n) is 7.04. The Bertz CT molecular complexity index is 709. The van der Waals surface area contributed by atoms with E-state index in [0.717, 1.165) is 19.6 Å². The number of fused-ring (bicyclic) bond motifs is 1. The van der Waals surface area contributed by atoms with Gasteiger partial charge in [-0.3, -0.25) is 0 Å². The molecule has 0 radical (unpaired) electrons. The second kappa shape index (κ2) is 5.81. The standard InChI is InChI=1S/C17H20N2S/c1-13-7-10-20-17(13)11-18-8-9-19-12-14(2)15-5-3-4-6-16(15)19/h3-7,10,12,18H,8-9,11H2,1-2H3. The Balaban J connectivity index is 1.62. The molecule has 0 bridgehead atoms. The lowest BCUT2D eigenvalue weighted by Gasteiger charge is -2.07. The zero-order chi connectivity index (χ0) is 13.9. The van der Waals surface area contributed by atoms with Gasteiger partial charge in [0.15, 0.2) is 0 Å². The predicted molar refractivity (Wildman–Crippen MR) is 87.4 cm³/mol. The van der Waals surface area contributed by atoms with Gasteiger partial charge in [-0.05, 0) is 42.5 Å². The first kappa shape index (κ1) is 13.4. The van der Waals surface area contributed by atoms with Crippen LogP contribution in [0.25, 0.3) is 10.9 Å². The van der Waals surface area contributed by atoms with Crippen molar-refractivity contribution < 1.29 is 0 Å². The van der Waals surface area contributed by atoms with Crippen LogP contribution in [-0.2, 0) is 13.1 Å². The van der Waals surface area contributed by atoms with Gasteiger partial charge in [-0.2, -0.15) is 0 Å². The number of para-hydroxylation sites is 1. The van der Waals surface area contributed by atoms with E-state index in [-0.39, 0.29) is 0 Å². The van der Waals surface area contributed by atoms with Gasteiger partial charge in [0, 0.05) is 41.6 Å². The van der Waals surface area contributed by atoms with Gasteiger partial charge in [-0.25, -0.2) is 0 Å². The highest BCUT2D eigenvalue weighted by Crippen LogP contribution is 2.20. The number of rotatable bonds is 5. The Labute approximate surface area is 124 Å². The molecule has 0 saturated heterocycles. The Morgan fingerprint density at radius 3 is 2.75 bits per heavy atom. The van der Waals surface area contributed by atoms with Crippen LogP contribution in [0, 0.1) is 13.8 Å². The van der Waals surface area contributed by atoms with E-state index in [9.17, 15) is 0 Å². The number of benzene rings is 1. The molecule has 0 aliphatic carbocycles. The summed E-state index contributed by atoms with van der Waals surface area (Å²) < 4.78 is 2.35. The second-order valence-corrected chi connectivity index (χ2v) is 6.23. The average Bonchev–Trinajstić information content (AvgIpc) is 3.00. The van der Waals surface area contributed by atoms with Crippen molar-refractivity contribution in [1.82, 2.24) is 9.88 Å². The van der Waals surface area contributed by atoms with Gasteiger partial charge in [-0.1, -0.05) is 18.2 Å². The van der Waals surface area contributed by atoms with Crippen molar-refractivity contribution in [3.63, 3.8) is 0 Å². The molecule has 0 aliphatic rings. The van der Waals surface area contributed by atoms with E-state index >= 15 is 0 Å². The molecule has 3 heteroatoms. The van der Waals surface area contributed by atoms with Crippen LogP contribution in [0.5, 0.6) is 0 Å². The molecule has 0 unspecified atom stereocenters. The van der Waals surface area contributed by atoms with Crippen LogP contribution in [-0.4, -0.2) is 11.1 Å². The number of hydrogen-bond acceptors (Lipinski definition) is 2. The van der Waals surface area contributed by atoms with Gasteiger partial charge in [-0.15, -0.1) is 11.3 Å². The van der Waals surface area contributed by atoms with Crippen LogP contribution in [0.4, 0.5) is 0 Å². The molecule has 1 aromatic carbocycles. The highest BCUT2D eigenvalue weighted by molar-refractivity contribution is 7.10. The van der Waals surface area contributed by atoms with Gasteiger partial charge in [0.05, 0.1) is 0 Å². The molecule has 3 aromatic rings. The van der Waals surface area contributed by atoms with Gasteiger partial charge in [0.1, 0.15) is 0 Å². The molecular weight excluding hydrogens is 264 g/mol. The fourth-order valence-electron chi connectivity index (χ4n) is 2.60. The maximum Gasteiger partial charge on any atom is 0.0483 e. The summed E-state index contributed by atoms with van der Waals surface area (Å²) >= 11 is 1.83. The normalized spacial score (nSPS) is 11.3. The summed E-state index contributed by atoms with van der Waals surface area (Å²) in [6, 6.07) is 10.8. The summed E-state index contributed by atoms with van der Waals surface area (Å²) in [5.41, 5.74) is 4.08. The maximum atomic E-state index is 3.54. The summed E-state index contributed by atoms with van der Waals surface area (Å²) in [6.45, 7) is 7.34. The number of aromatic nitrogens is 1. The van der Waals surface area contributed by atoms with E-state index in [1.165, 1.54) is 26.9 Å². The molecule has 2 heterocycles. The third-order valence-electron chi connectivity index (χ3n) is 3.77. The minimum atomic E-state index is 0.974. The molecule has 0 atom stereocenters. The largest absolute Gasteiger partial charge is 0.346 e. The van der Waals surface area contributed by atoms with Crippen molar-refractivity contribution >= 4 is 22.2 Å². The summed E-state index contributed by atoms with van der Waals surface area (Å²) in [7, 11) is 0. The predicted octanol–water partition coefficient (Wildman–Crippen LogP) is 4.11. The molecule has 20 heavy (non-hydrogen) atoms. The van der Waals surface area contributed by atoms with Crippen molar-refractivity contribution in [3.05, 3.63) is 57.9 Å². The number of nitrogens with zero attached hydrogens (tertiary/aromatic N) is 1. The Kier molecular flexibility index (Phi) is 3.90. The average molecular weight is 284 g/mol. The molecule has 3 rings (SSSR count). The quantitative estimate of drug-likeness (QED) is 0.698. The highest BCUT2D eigenvalue weighted by Gasteiger charge is 2.04. The Morgan fingerprint density at radius 1 is 1.10 bits per heavy atom. The van der Waals surface area contributed by atoms with E-state index < -0.39 is 0 Å². The summed E-state index contributed by atoms with van der Waals surface area (Å²) in [4.78, 5) is 1.44. The van der Waals surface area contributed by atoms with E-state index in [4.69, 9.17) is 0 Å². The van der Waals surface area contributed by atoms with Crippen molar-refractivity contribution in [2.45, 2.75) is 26.9 Å². The minimum Gasteiger partial charge on any atom is -0.346 e. The molecule has 1 N–H and O–H groups in total. The number of hydrogen-bond donors (Lipinski definition) is 1. The Hall–Kier alpha value is -1.58. The zero-order valence-corrected chi connectivity index (χ0v) is 12.8. The maximum absolute atomic E-state index is 3.54. The van der Waals surface area contributed by atoms with Gasteiger partial charge >= 0.3 is 0 Å². The molecule has 104 valence electrons. The summed E-state index contributed by atoms with van der Waals surface area (Å²) in [5, 5.41) is 7.07. The van der Waals surface area contributed by atoms with Crippen LogP contribution in [0.3, 0.4) is 0 Å². The molecule has 0 fully saturated rings. The smallest absolute Gasteiger partial charge is 0.0483 e. The highest BCUT2D eigenvalue weighted by atomic mass is 32.1. The molecule has 0 aliphatic heterocycles. The van der Waals surface area contributed by atoms with Crippen LogP contribution in [0.2, 0.25) is 0 Å². The Morgan fingerprint density at radius 2 is 1.95 bits per heavy atom. The molecular formula is C17H20N2S. The topological polar surface area (TPSA) is 17.0 Å². The third kappa shape index (κ3) is 2.65. The summed E-state index contributed by atoms with van der Waals surface area (Å²) in [6.07, 6.45) is 2.25. The lowest BCUT2D eigenvalue weighted by Crippen LogP contribution is -2.19. The van der Waals surface area contributed by atoms with Gasteiger partial charge in [0.25, 0.3) is 0 Å². The molecule has 0 amide bonds. The molecule has 0 saturated carbocycles. The minimum absolute atomic E-state index is 0.974. The summed E-state index contributed by atoms with van der Waals surface area (Å²) in [5.74, 6) is 0. The first-order chi connectivity index (χ1) is 9.75. The van der Waals surface area contributed by atoms with E-state index in [0.29, 0.717) is 0 Å².